The second-order valence-corrected chi connectivity index (χ2v) is 5.42. The molecule has 1 aromatic carbocycles. The fourth-order valence-electron chi connectivity index (χ4n) is 2.71. The van der Waals surface area contributed by atoms with Gasteiger partial charge in [-0.05, 0) is 18.5 Å². The Labute approximate surface area is 121 Å². The molecule has 4 nitrogen and oxygen atoms in total. The number of nitrogens with one attached hydrogen (secondary N) is 1. The molecule has 0 saturated carbocycles. The van der Waals surface area contributed by atoms with E-state index in [0.717, 1.165) is 51.4 Å². The fourth-order valence-corrected chi connectivity index (χ4v) is 2.71. The predicted molar refractivity (Wildman–Crippen MR) is 80.8 cm³/mol. The smallest absolute Gasteiger partial charge is 0.0797 e. The highest BCUT2D eigenvalue weighted by Gasteiger charge is 2.33. The second-order valence-electron chi connectivity index (χ2n) is 5.42. The zero-order valence-electron chi connectivity index (χ0n) is 12.3. The van der Waals surface area contributed by atoms with Crippen molar-refractivity contribution in [1.82, 2.24) is 10.2 Å². The number of aliphatic hydroxyl groups is 1. The van der Waals surface area contributed by atoms with Gasteiger partial charge in [0.1, 0.15) is 0 Å². The Hall–Kier alpha value is -0.940. The molecule has 0 aromatic heterocycles. The van der Waals surface area contributed by atoms with Crippen molar-refractivity contribution in [3.05, 3.63) is 35.9 Å². The van der Waals surface area contributed by atoms with Crippen LogP contribution in [-0.4, -0.2) is 56.0 Å². The van der Waals surface area contributed by atoms with Crippen LogP contribution < -0.4 is 5.32 Å². The number of rotatable bonds is 7. The maximum Gasteiger partial charge on any atom is 0.0797 e. The van der Waals surface area contributed by atoms with Gasteiger partial charge in [-0.3, -0.25) is 4.90 Å². The van der Waals surface area contributed by atoms with Crippen LogP contribution in [0.3, 0.4) is 0 Å². The normalized spacial score (nSPS) is 19.7. The Morgan fingerprint density at radius 2 is 1.95 bits per heavy atom. The van der Waals surface area contributed by atoms with Crippen molar-refractivity contribution in [2.75, 3.05) is 46.0 Å². The van der Waals surface area contributed by atoms with E-state index in [2.05, 4.69) is 29.3 Å². The largest absolute Gasteiger partial charge is 0.394 e. The van der Waals surface area contributed by atoms with Gasteiger partial charge in [0, 0.05) is 19.6 Å². The zero-order chi connectivity index (χ0) is 14.3. The summed E-state index contributed by atoms with van der Waals surface area (Å²) in [4.78, 5) is 2.37. The van der Waals surface area contributed by atoms with E-state index in [1.807, 2.05) is 18.2 Å². The van der Waals surface area contributed by atoms with Crippen LogP contribution in [0.4, 0.5) is 0 Å². The summed E-state index contributed by atoms with van der Waals surface area (Å²) in [6, 6.07) is 10.3. The van der Waals surface area contributed by atoms with E-state index in [0.29, 0.717) is 0 Å². The predicted octanol–water partition coefficient (Wildman–Crippen LogP) is 1.21. The first-order valence-corrected chi connectivity index (χ1v) is 7.52. The summed E-state index contributed by atoms with van der Waals surface area (Å²) in [5, 5.41) is 13.6. The summed E-state index contributed by atoms with van der Waals surface area (Å²) in [6.45, 7) is 7.40. The molecule has 1 aliphatic rings. The minimum Gasteiger partial charge on any atom is -0.394 e. The van der Waals surface area contributed by atoms with Crippen molar-refractivity contribution in [2.45, 2.75) is 18.9 Å². The average molecular weight is 278 g/mol. The Bertz CT molecular complexity index is 379. The van der Waals surface area contributed by atoms with Gasteiger partial charge in [-0.2, -0.15) is 0 Å². The molecular formula is C16H26N2O2. The van der Waals surface area contributed by atoms with Crippen LogP contribution in [0.2, 0.25) is 0 Å². The first-order chi connectivity index (χ1) is 9.80. The van der Waals surface area contributed by atoms with E-state index in [1.165, 1.54) is 0 Å². The minimum atomic E-state index is -0.380. The van der Waals surface area contributed by atoms with Crippen molar-refractivity contribution in [2.24, 2.45) is 0 Å². The Balaban J connectivity index is 2.17. The van der Waals surface area contributed by atoms with Crippen LogP contribution in [0, 0.1) is 0 Å². The third-order valence-electron chi connectivity index (χ3n) is 3.91. The SMILES string of the molecule is CCCNC(CO)(CN1CCOCC1)c1ccccc1. The molecule has 0 bridgehead atoms. The first-order valence-electron chi connectivity index (χ1n) is 7.52. The number of benzene rings is 1. The number of hydrogen-bond acceptors (Lipinski definition) is 4. The van der Waals surface area contributed by atoms with Crippen molar-refractivity contribution in [3.63, 3.8) is 0 Å². The molecule has 1 saturated heterocycles. The van der Waals surface area contributed by atoms with Crippen LogP contribution in [0.25, 0.3) is 0 Å². The highest BCUT2D eigenvalue weighted by Crippen LogP contribution is 2.23. The summed E-state index contributed by atoms with van der Waals surface area (Å²) in [7, 11) is 0. The first kappa shape index (κ1) is 15.4. The lowest BCUT2D eigenvalue weighted by molar-refractivity contribution is 0.0132. The van der Waals surface area contributed by atoms with Crippen molar-refractivity contribution in [3.8, 4) is 0 Å². The van der Waals surface area contributed by atoms with Gasteiger partial charge in [-0.25, -0.2) is 0 Å². The van der Waals surface area contributed by atoms with E-state index in [9.17, 15) is 5.11 Å². The minimum absolute atomic E-state index is 0.106. The summed E-state index contributed by atoms with van der Waals surface area (Å²) in [5.41, 5.74) is 0.775. The summed E-state index contributed by atoms with van der Waals surface area (Å²) < 4.78 is 5.41. The zero-order valence-corrected chi connectivity index (χ0v) is 12.3. The number of hydrogen-bond donors (Lipinski definition) is 2. The van der Waals surface area contributed by atoms with Crippen LogP contribution in [0.1, 0.15) is 18.9 Å². The molecule has 112 valence electrons. The number of aliphatic hydroxyl groups excluding tert-OH is 1. The van der Waals surface area contributed by atoms with Gasteiger partial charge in [0.15, 0.2) is 0 Å². The van der Waals surface area contributed by atoms with Gasteiger partial charge in [0.2, 0.25) is 0 Å². The quantitative estimate of drug-likeness (QED) is 0.787. The van der Waals surface area contributed by atoms with Gasteiger partial charge < -0.3 is 15.2 Å². The molecule has 20 heavy (non-hydrogen) atoms. The molecule has 0 spiro atoms. The molecule has 2 rings (SSSR count). The molecule has 1 aliphatic heterocycles. The van der Waals surface area contributed by atoms with Gasteiger partial charge >= 0.3 is 0 Å². The highest BCUT2D eigenvalue weighted by atomic mass is 16.5. The summed E-state index contributed by atoms with van der Waals surface area (Å²) in [6.07, 6.45) is 1.05. The van der Waals surface area contributed by atoms with Gasteiger partial charge in [0.05, 0.1) is 25.4 Å². The lowest BCUT2D eigenvalue weighted by Crippen LogP contribution is -2.55. The topological polar surface area (TPSA) is 44.7 Å². The van der Waals surface area contributed by atoms with Crippen LogP contribution in [0.5, 0.6) is 0 Å². The third kappa shape index (κ3) is 3.79. The molecule has 2 N–H and O–H groups in total. The van der Waals surface area contributed by atoms with Crippen LogP contribution >= 0.6 is 0 Å². The van der Waals surface area contributed by atoms with Crippen molar-refractivity contribution < 1.29 is 9.84 Å². The number of ether oxygens (including phenoxy) is 1. The third-order valence-corrected chi connectivity index (χ3v) is 3.91. The maximum absolute atomic E-state index is 10.1. The van der Waals surface area contributed by atoms with Gasteiger partial charge in [-0.15, -0.1) is 0 Å². The molecule has 1 heterocycles. The monoisotopic (exact) mass is 278 g/mol. The molecular weight excluding hydrogens is 252 g/mol. The molecule has 1 aromatic rings. The van der Waals surface area contributed by atoms with Crippen LogP contribution in [0.15, 0.2) is 30.3 Å². The number of morpholine rings is 1. The summed E-state index contributed by atoms with van der Waals surface area (Å²) in [5.74, 6) is 0. The molecule has 0 amide bonds. The Morgan fingerprint density at radius 3 is 2.55 bits per heavy atom. The van der Waals surface area contributed by atoms with E-state index in [1.54, 1.807) is 0 Å². The highest BCUT2D eigenvalue weighted by molar-refractivity contribution is 5.25. The molecule has 0 radical (unpaired) electrons. The molecule has 1 fully saturated rings. The lowest BCUT2D eigenvalue weighted by Gasteiger charge is -2.39. The Morgan fingerprint density at radius 1 is 1.25 bits per heavy atom. The fraction of sp³-hybridized carbons (Fsp3) is 0.625. The van der Waals surface area contributed by atoms with Crippen molar-refractivity contribution >= 4 is 0 Å². The number of nitrogens with zero attached hydrogens (tertiary/aromatic N) is 1. The molecule has 1 unspecified atom stereocenters. The van der Waals surface area contributed by atoms with Crippen molar-refractivity contribution in [1.29, 1.82) is 0 Å². The standard InChI is InChI=1S/C16H26N2O2/c1-2-8-17-16(14-19,15-6-4-3-5-7-15)13-18-9-11-20-12-10-18/h3-7,17,19H,2,8-14H2,1H3. The maximum atomic E-state index is 10.1. The Kier molecular flexibility index (Phi) is 5.98. The molecule has 4 heteroatoms. The van der Waals surface area contributed by atoms with E-state index < -0.39 is 0 Å². The van der Waals surface area contributed by atoms with E-state index >= 15 is 0 Å². The summed E-state index contributed by atoms with van der Waals surface area (Å²) >= 11 is 0. The van der Waals surface area contributed by atoms with Gasteiger partial charge in [0.25, 0.3) is 0 Å². The van der Waals surface area contributed by atoms with Crippen LogP contribution in [-0.2, 0) is 10.3 Å². The van der Waals surface area contributed by atoms with Gasteiger partial charge in [-0.1, -0.05) is 37.3 Å². The molecule has 0 aliphatic carbocycles. The molecule has 1 atom stereocenters. The second kappa shape index (κ2) is 7.74. The lowest BCUT2D eigenvalue weighted by atomic mass is 9.89. The average Bonchev–Trinajstić information content (AvgIpc) is 2.53. The van der Waals surface area contributed by atoms with E-state index in [4.69, 9.17) is 4.74 Å². The van der Waals surface area contributed by atoms with E-state index in [-0.39, 0.29) is 12.1 Å².